The van der Waals surface area contributed by atoms with Crippen molar-refractivity contribution in [3.05, 3.63) is 82.4 Å². The molecule has 0 spiro atoms. The number of ether oxygens (including phenoxy) is 1. The summed E-state index contributed by atoms with van der Waals surface area (Å²) in [6.07, 6.45) is 1.99. The van der Waals surface area contributed by atoms with Gasteiger partial charge in [0, 0.05) is 12.2 Å². The highest BCUT2D eigenvalue weighted by molar-refractivity contribution is 6.39. The lowest BCUT2D eigenvalue weighted by Gasteiger charge is -2.23. The Balaban J connectivity index is 1.77. The summed E-state index contributed by atoms with van der Waals surface area (Å²) in [5.41, 5.74) is 1.90. The van der Waals surface area contributed by atoms with Gasteiger partial charge in [0.1, 0.15) is 34.6 Å². The van der Waals surface area contributed by atoms with Crippen LogP contribution in [0.5, 0.6) is 5.75 Å². The summed E-state index contributed by atoms with van der Waals surface area (Å²) in [6, 6.07) is 17.3. The first-order valence-electron chi connectivity index (χ1n) is 8.84. The maximum absolute atomic E-state index is 13.0. The number of hydrogen-bond donors (Lipinski definition) is 0. The fourth-order valence-electron chi connectivity index (χ4n) is 2.69. The van der Waals surface area contributed by atoms with E-state index in [-0.39, 0.29) is 21.8 Å². The molecular weight excluding hydrogens is 397 g/mol. The number of hydrogen-bond acceptors (Lipinski definition) is 4. The molecule has 144 valence electrons. The van der Waals surface area contributed by atoms with Gasteiger partial charge in [-0.3, -0.25) is 4.79 Å². The number of aromatic nitrogens is 2. The molecule has 0 aliphatic heterocycles. The number of rotatable bonds is 7. The largest absolute Gasteiger partial charge is 0.489 e. The van der Waals surface area contributed by atoms with Crippen LogP contribution < -0.4 is 9.64 Å². The number of anilines is 1. The van der Waals surface area contributed by atoms with E-state index in [1.165, 1.54) is 6.33 Å². The quantitative estimate of drug-likeness (QED) is 0.483. The topological polar surface area (TPSA) is 55.3 Å². The van der Waals surface area contributed by atoms with E-state index in [4.69, 9.17) is 27.9 Å². The molecule has 28 heavy (non-hydrogen) atoms. The van der Waals surface area contributed by atoms with Gasteiger partial charge in [-0.15, -0.1) is 0 Å². The molecule has 1 aromatic heterocycles. The maximum Gasteiger partial charge on any atom is 0.264 e. The highest BCUT2D eigenvalue weighted by atomic mass is 35.5. The van der Waals surface area contributed by atoms with Crippen LogP contribution in [0.15, 0.2) is 60.9 Å². The van der Waals surface area contributed by atoms with Crippen molar-refractivity contribution in [3.8, 4) is 5.75 Å². The third kappa shape index (κ3) is 4.80. The van der Waals surface area contributed by atoms with Gasteiger partial charge in [0.05, 0.1) is 0 Å². The maximum atomic E-state index is 13.0. The molecule has 0 radical (unpaired) electrons. The number of carbonyl (C=O) groups is 1. The van der Waals surface area contributed by atoms with E-state index in [0.29, 0.717) is 13.2 Å². The molecular formula is C21H19Cl2N3O2. The zero-order valence-electron chi connectivity index (χ0n) is 15.3. The van der Waals surface area contributed by atoms with Gasteiger partial charge in [0.2, 0.25) is 0 Å². The zero-order valence-corrected chi connectivity index (χ0v) is 16.8. The standard InChI is InChI=1S/C21H19Cl2N3O2/c1-2-12-26(21(27)18-19(22)24-14-25-20(18)23)16-8-10-17(11-9-16)28-13-15-6-4-3-5-7-15/h3-11,14H,2,12-13H2,1H3. The lowest BCUT2D eigenvalue weighted by Crippen LogP contribution is -2.32. The second-order valence-corrected chi connectivity index (χ2v) is 6.77. The minimum absolute atomic E-state index is 0.0360. The van der Waals surface area contributed by atoms with Crippen LogP contribution in [0.4, 0.5) is 5.69 Å². The van der Waals surface area contributed by atoms with Crippen LogP contribution in [0.2, 0.25) is 10.3 Å². The number of carbonyl (C=O) groups excluding carboxylic acids is 1. The van der Waals surface area contributed by atoms with Gasteiger partial charge < -0.3 is 9.64 Å². The van der Waals surface area contributed by atoms with Crippen molar-refractivity contribution in [2.75, 3.05) is 11.4 Å². The summed E-state index contributed by atoms with van der Waals surface area (Å²) in [5.74, 6) is 0.381. The summed E-state index contributed by atoms with van der Waals surface area (Å²) >= 11 is 12.2. The first-order valence-corrected chi connectivity index (χ1v) is 9.60. The van der Waals surface area contributed by atoms with Crippen molar-refractivity contribution in [2.45, 2.75) is 20.0 Å². The van der Waals surface area contributed by atoms with E-state index in [9.17, 15) is 4.79 Å². The van der Waals surface area contributed by atoms with Gasteiger partial charge in [-0.25, -0.2) is 9.97 Å². The van der Waals surface area contributed by atoms with Crippen molar-refractivity contribution in [1.29, 1.82) is 0 Å². The zero-order chi connectivity index (χ0) is 19.9. The minimum atomic E-state index is -0.338. The van der Waals surface area contributed by atoms with E-state index in [1.54, 1.807) is 4.90 Å². The van der Waals surface area contributed by atoms with Gasteiger partial charge >= 0.3 is 0 Å². The summed E-state index contributed by atoms with van der Waals surface area (Å²) in [4.78, 5) is 22.4. The Morgan fingerprint density at radius 2 is 1.64 bits per heavy atom. The molecule has 0 aliphatic rings. The lowest BCUT2D eigenvalue weighted by molar-refractivity contribution is 0.0986. The molecule has 0 N–H and O–H groups in total. The van der Waals surface area contributed by atoms with Crippen molar-refractivity contribution < 1.29 is 9.53 Å². The van der Waals surface area contributed by atoms with E-state index >= 15 is 0 Å². The highest BCUT2D eigenvalue weighted by Crippen LogP contribution is 2.26. The Morgan fingerprint density at radius 1 is 1.00 bits per heavy atom. The Labute approximate surface area is 173 Å². The van der Waals surface area contributed by atoms with E-state index in [2.05, 4.69) is 9.97 Å². The van der Waals surface area contributed by atoms with Crippen molar-refractivity contribution in [3.63, 3.8) is 0 Å². The molecule has 7 heteroatoms. The van der Waals surface area contributed by atoms with Gasteiger partial charge in [-0.05, 0) is 36.2 Å². The SMILES string of the molecule is CCCN(C(=O)c1c(Cl)ncnc1Cl)c1ccc(OCc2ccccc2)cc1. The molecule has 0 fully saturated rings. The molecule has 0 atom stereocenters. The minimum Gasteiger partial charge on any atom is -0.489 e. The third-order valence-corrected chi connectivity index (χ3v) is 4.63. The number of nitrogens with zero attached hydrogens (tertiary/aromatic N) is 3. The van der Waals surface area contributed by atoms with Crippen LogP contribution in [-0.4, -0.2) is 22.4 Å². The second kappa shape index (κ2) is 9.53. The van der Waals surface area contributed by atoms with Crippen LogP contribution in [0.25, 0.3) is 0 Å². The molecule has 2 aromatic carbocycles. The summed E-state index contributed by atoms with van der Waals surface area (Å²) in [5, 5.41) is 0.0721. The van der Waals surface area contributed by atoms with Gasteiger partial charge in [0.15, 0.2) is 0 Å². The fourth-order valence-corrected chi connectivity index (χ4v) is 3.17. The van der Waals surface area contributed by atoms with E-state index in [1.807, 2.05) is 61.5 Å². The first kappa shape index (κ1) is 20.1. The smallest absolute Gasteiger partial charge is 0.264 e. The third-order valence-electron chi connectivity index (χ3n) is 4.06. The lowest BCUT2D eigenvalue weighted by atomic mass is 10.2. The van der Waals surface area contributed by atoms with Crippen LogP contribution >= 0.6 is 23.2 Å². The predicted octanol–water partition coefficient (Wildman–Crippen LogP) is 5.42. The average Bonchev–Trinajstić information content (AvgIpc) is 2.71. The van der Waals surface area contributed by atoms with Crippen LogP contribution in [0.3, 0.4) is 0 Å². The average molecular weight is 416 g/mol. The van der Waals surface area contributed by atoms with Crippen molar-refractivity contribution in [2.24, 2.45) is 0 Å². The number of halogens is 2. The Kier molecular flexibility index (Phi) is 6.85. The normalized spacial score (nSPS) is 10.5. The first-order chi connectivity index (χ1) is 13.6. The monoisotopic (exact) mass is 415 g/mol. The number of benzene rings is 2. The molecule has 1 heterocycles. The molecule has 0 saturated heterocycles. The molecule has 3 rings (SSSR count). The van der Waals surface area contributed by atoms with Gasteiger partial charge in [-0.2, -0.15) is 0 Å². The summed E-state index contributed by atoms with van der Waals surface area (Å²) < 4.78 is 5.80. The predicted molar refractivity (Wildman–Crippen MR) is 111 cm³/mol. The highest BCUT2D eigenvalue weighted by Gasteiger charge is 2.23. The molecule has 5 nitrogen and oxygen atoms in total. The Hall–Kier alpha value is -2.63. The van der Waals surface area contributed by atoms with E-state index in [0.717, 1.165) is 23.4 Å². The second-order valence-electron chi connectivity index (χ2n) is 6.06. The van der Waals surface area contributed by atoms with Crippen molar-refractivity contribution in [1.82, 2.24) is 9.97 Å². The van der Waals surface area contributed by atoms with Crippen LogP contribution in [0.1, 0.15) is 29.3 Å². The molecule has 0 bridgehead atoms. The molecule has 0 aliphatic carbocycles. The molecule has 0 saturated carbocycles. The number of amides is 1. The molecule has 3 aromatic rings. The molecule has 0 unspecified atom stereocenters. The van der Waals surface area contributed by atoms with Crippen molar-refractivity contribution >= 4 is 34.8 Å². The molecule has 1 amide bonds. The summed E-state index contributed by atoms with van der Waals surface area (Å²) in [6.45, 7) is 2.97. The Bertz CT molecular complexity index is 914. The van der Waals surface area contributed by atoms with Gasteiger partial charge in [0.25, 0.3) is 5.91 Å². The summed E-state index contributed by atoms with van der Waals surface area (Å²) in [7, 11) is 0. The van der Waals surface area contributed by atoms with Gasteiger partial charge in [-0.1, -0.05) is 60.5 Å². The fraction of sp³-hybridized carbons (Fsp3) is 0.190. The van der Waals surface area contributed by atoms with E-state index < -0.39 is 0 Å². The Morgan fingerprint density at radius 3 is 2.25 bits per heavy atom. The van der Waals surface area contributed by atoms with Crippen LogP contribution in [-0.2, 0) is 6.61 Å². The van der Waals surface area contributed by atoms with Crippen LogP contribution in [0, 0.1) is 0 Å².